The van der Waals surface area contributed by atoms with E-state index in [1.165, 1.54) is 11.3 Å². The van der Waals surface area contributed by atoms with E-state index < -0.39 is 0 Å². The minimum atomic E-state index is -0.191. The number of rotatable bonds is 5. The van der Waals surface area contributed by atoms with Crippen LogP contribution in [-0.2, 0) is 0 Å². The number of thiophene rings is 2. The maximum Gasteiger partial charge on any atom is 0.281 e. The van der Waals surface area contributed by atoms with Crippen LogP contribution in [0.3, 0.4) is 0 Å². The molecule has 1 aromatic carbocycles. The Morgan fingerprint density at radius 1 is 1.17 bits per heavy atom. The van der Waals surface area contributed by atoms with Crippen LogP contribution < -0.4 is 5.43 Å². The van der Waals surface area contributed by atoms with Gasteiger partial charge in [0, 0.05) is 14.8 Å². The van der Waals surface area contributed by atoms with E-state index >= 15 is 0 Å². The van der Waals surface area contributed by atoms with Crippen molar-refractivity contribution in [2.45, 2.75) is 9.10 Å². The molecule has 0 atom stereocenters. The maximum absolute atomic E-state index is 11.7. The molecule has 0 unspecified atom stereocenters. The largest absolute Gasteiger partial charge is 0.281 e. The van der Waals surface area contributed by atoms with Crippen molar-refractivity contribution in [3.8, 4) is 0 Å². The van der Waals surface area contributed by atoms with Crippen LogP contribution in [0.1, 0.15) is 14.5 Å². The molecule has 0 aliphatic rings. The third-order valence-corrected chi connectivity index (χ3v) is 6.02. The van der Waals surface area contributed by atoms with Crippen molar-refractivity contribution in [2.24, 2.45) is 5.10 Å². The van der Waals surface area contributed by atoms with Gasteiger partial charge in [-0.15, -0.1) is 22.7 Å². The highest BCUT2D eigenvalue weighted by molar-refractivity contribution is 8.01. The van der Waals surface area contributed by atoms with Crippen LogP contribution in [0.15, 0.2) is 68.1 Å². The number of hydrogen-bond acceptors (Lipinski definition) is 5. The Morgan fingerprint density at radius 3 is 2.74 bits per heavy atom. The van der Waals surface area contributed by atoms with E-state index in [2.05, 4.69) is 10.5 Å². The number of amides is 1. The molecule has 0 spiro atoms. The summed E-state index contributed by atoms with van der Waals surface area (Å²) in [5, 5.41) is 6.59. The predicted octanol–water partition coefficient (Wildman–Crippen LogP) is 5.38. The number of carbonyl (C=O) groups is 1. The fraction of sp³-hybridized carbons (Fsp3) is 0. The number of nitrogens with one attached hydrogen (secondary N) is 1. The summed E-state index contributed by atoms with van der Waals surface area (Å²) in [6.07, 6.45) is 1.65. The first-order chi connectivity index (χ1) is 11.2. The number of hydrogen-bond donors (Lipinski definition) is 1. The number of carbonyl (C=O) groups excluding carboxylic acids is 1. The zero-order valence-corrected chi connectivity index (χ0v) is 14.9. The summed E-state index contributed by atoms with van der Waals surface area (Å²) in [7, 11) is 0. The van der Waals surface area contributed by atoms with Gasteiger partial charge in [-0.05, 0) is 47.8 Å². The smallest absolute Gasteiger partial charge is 0.266 e. The van der Waals surface area contributed by atoms with Crippen molar-refractivity contribution in [2.75, 3.05) is 0 Å². The molecule has 0 aliphatic carbocycles. The highest BCUT2D eigenvalue weighted by atomic mass is 35.5. The fourth-order valence-corrected chi connectivity index (χ4v) is 4.43. The van der Waals surface area contributed by atoms with Gasteiger partial charge in [0.05, 0.1) is 15.3 Å². The van der Waals surface area contributed by atoms with Crippen LogP contribution in [0.5, 0.6) is 0 Å². The first kappa shape index (κ1) is 16.3. The third kappa shape index (κ3) is 4.68. The Labute approximate surface area is 151 Å². The van der Waals surface area contributed by atoms with Gasteiger partial charge in [0.1, 0.15) is 0 Å². The zero-order valence-electron chi connectivity index (χ0n) is 11.7. The summed E-state index contributed by atoms with van der Waals surface area (Å²) < 4.78 is 1.15. The van der Waals surface area contributed by atoms with Crippen molar-refractivity contribution in [1.29, 1.82) is 0 Å². The van der Waals surface area contributed by atoms with Crippen LogP contribution >= 0.6 is 46.0 Å². The van der Waals surface area contributed by atoms with Gasteiger partial charge in [0.2, 0.25) is 0 Å². The Balaban J connectivity index is 1.57. The Kier molecular flexibility index (Phi) is 5.51. The van der Waals surface area contributed by atoms with E-state index in [0.717, 1.165) is 19.0 Å². The molecule has 0 fully saturated rings. The molecule has 3 rings (SSSR count). The molecule has 0 radical (unpaired) electrons. The molecule has 7 heteroatoms. The number of nitrogens with zero attached hydrogens (tertiary/aromatic N) is 1. The van der Waals surface area contributed by atoms with Gasteiger partial charge < -0.3 is 0 Å². The van der Waals surface area contributed by atoms with Crippen LogP contribution in [0.4, 0.5) is 0 Å². The molecule has 1 N–H and O–H groups in total. The first-order valence-electron chi connectivity index (χ1n) is 6.61. The van der Waals surface area contributed by atoms with Crippen LogP contribution in [0.2, 0.25) is 5.02 Å². The van der Waals surface area contributed by atoms with Gasteiger partial charge in [0.15, 0.2) is 0 Å². The lowest BCUT2D eigenvalue weighted by atomic mass is 10.4. The van der Waals surface area contributed by atoms with Crippen molar-refractivity contribution in [3.05, 3.63) is 68.7 Å². The monoisotopic (exact) mass is 378 g/mol. The normalized spacial score (nSPS) is 11.0. The van der Waals surface area contributed by atoms with Gasteiger partial charge in [-0.2, -0.15) is 5.10 Å². The molecule has 2 aromatic heterocycles. The Morgan fingerprint density at radius 2 is 2.00 bits per heavy atom. The van der Waals surface area contributed by atoms with Crippen molar-refractivity contribution < 1.29 is 4.79 Å². The average molecular weight is 379 g/mol. The highest BCUT2D eigenvalue weighted by Crippen LogP contribution is 2.33. The fourth-order valence-electron chi connectivity index (χ4n) is 1.69. The minimum Gasteiger partial charge on any atom is -0.266 e. The van der Waals surface area contributed by atoms with E-state index in [4.69, 9.17) is 11.6 Å². The number of halogens is 1. The second kappa shape index (κ2) is 7.79. The van der Waals surface area contributed by atoms with Gasteiger partial charge >= 0.3 is 0 Å². The number of hydrazone groups is 1. The molecule has 3 nitrogen and oxygen atoms in total. The van der Waals surface area contributed by atoms with Crippen molar-refractivity contribution >= 4 is 58.2 Å². The molecule has 0 bridgehead atoms. The second-order valence-corrected chi connectivity index (χ2v) is 8.26. The molecule has 0 saturated carbocycles. The molecule has 0 saturated heterocycles. The predicted molar refractivity (Wildman–Crippen MR) is 99.3 cm³/mol. The molecule has 2 heterocycles. The van der Waals surface area contributed by atoms with Crippen LogP contribution in [0, 0.1) is 0 Å². The molecule has 0 aliphatic heterocycles. The van der Waals surface area contributed by atoms with E-state index in [1.54, 1.807) is 35.4 Å². The topological polar surface area (TPSA) is 41.5 Å². The molecule has 23 heavy (non-hydrogen) atoms. The maximum atomic E-state index is 11.7. The lowest BCUT2D eigenvalue weighted by Gasteiger charge is -1.97. The van der Waals surface area contributed by atoms with E-state index in [9.17, 15) is 4.79 Å². The summed E-state index contributed by atoms with van der Waals surface area (Å²) >= 11 is 10.5. The van der Waals surface area contributed by atoms with Crippen molar-refractivity contribution in [3.63, 3.8) is 0 Å². The molecular weight excluding hydrogens is 368 g/mol. The van der Waals surface area contributed by atoms with Gasteiger partial charge in [-0.1, -0.05) is 29.4 Å². The van der Waals surface area contributed by atoms with Crippen LogP contribution in [0.25, 0.3) is 0 Å². The second-order valence-electron chi connectivity index (χ2n) is 4.39. The summed E-state index contributed by atoms with van der Waals surface area (Å²) in [6, 6.07) is 15.3. The minimum absolute atomic E-state index is 0.191. The SMILES string of the molecule is O=C(N/N=C/c1ccc(Sc2ccc(Cl)cc2)s1)c1cccs1. The summed E-state index contributed by atoms with van der Waals surface area (Å²) in [5.74, 6) is -0.191. The van der Waals surface area contributed by atoms with Gasteiger partial charge in [-0.3, -0.25) is 4.79 Å². The van der Waals surface area contributed by atoms with Gasteiger partial charge in [-0.25, -0.2) is 5.43 Å². The first-order valence-corrected chi connectivity index (χ1v) is 9.50. The quantitative estimate of drug-likeness (QED) is 0.478. The van der Waals surface area contributed by atoms with E-state index in [1.807, 2.05) is 47.8 Å². The summed E-state index contributed by atoms with van der Waals surface area (Å²) in [5.41, 5.74) is 2.52. The van der Waals surface area contributed by atoms with E-state index in [0.29, 0.717) is 4.88 Å². The third-order valence-electron chi connectivity index (χ3n) is 2.74. The van der Waals surface area contributed by atoms with Crippen molar-refractivity contribution in [1.82, 2.24) is 5.43 Å². The molecule has 116 valence electrons. The number of benzene rings is 1. The lowest BCUT2D eigenvalue weighted by molar-refractivity contribution is 0.0959. The molecule has 1 amide bonds. The van der Waals surface area contributed by atoms with Crippen LogP contribution in [-0.4, -0.2) is 12.1 Å². The van der Waals surface area contributed by atoms with Gasteiger partial charge in [0.25, 0.3) is 5.91 Å². The lowest BCUT2D eigenvalue weighted by Crippen LogP contribution is -2.15. The Bertz CT molecular complexity index is 810. The zero-order chi connectivity index (χ0) is 16.1. The Hall–Kier alpha value is -1.60. The summed E-state index contributed by atoms with van der Waals surface area (Å²) in [4.78, 5) is 14.5. The molecular formula is C16H11ClN2OS3. The average Bonchev–Trinajstić information content (AvgIpc) is 3.21. The summed E-state index contributed by atoms with van der Waals surface area (Å²) in [6.45, 7) is 0. The molecule has 3 aromatic rings. The van der Waals surface area contributed by atoms with E-state index in [-0.39, 0.29) is 5.91 Å². The highest BCUT2D eigenvalue weighted by Gasteiger charge is 2.04. The standard InChI is InChI=1S/C16H11ClN2OS3/c17-11-3-5-12(6-4-11)22-15-8-7-13(23-15)10-18-19-16(20)14-2-1-9-21-14/h1-10H,(H,19,20)/b18-10+.